The average molecular weight is 725 g/mol. The largest absolute Gasteiger partial charge is 0.481 e. The quantitative estimate of drug-likeness (QED) is 0.198. The molecule has 4 aromatic rings. The molecule has 0 radical (unpaired) electrons. The van der Waals surface area contributed by atoms with Crippen LogP contribution in [0.2, 0.25) is 10.0 Å². The summed E-state index contributed by atoms with van der Waals surface area (Å²) in [5.74, 6) is 2.30. The fourth-order valence-corrected chi connectivity index (χ4v) is 10.1. The van der Waals surface area contributed by atoms with Crippen LogP contribution in [0.15, 0.2) is 48.5 Å². The van der Waals surface area contributed by atoms with Crippen LogP contribution in [-0.4, -0.2) is 72.6 Å². The molecule has 51 heavy (non-hydrogen) atoms. The second-order valence-corrected chi connectivity index (χ2v) is 16.0. The molecule has 10 heteroatoms. The zero-order chi connectivity index (χ0) is 35.0. The summed E-state index contributed by atoms with van der Waals surface area (Å²) in [6.07, 6.45) is 5.88. The molecule has 3 aliphatic heterocycles. The zero-order valence-corrected chi connectivity index (χ0v) is 30.9. The first-order chi connectivity index (χ1) is 24.8. The number of halogens is 2. The van der Waals surface area contributed by atoms with Gasteiger partial charge in [-0.3, -0.25) is 14.6 Å². The molecule has 1 N–H and O–H groups in total. The number of pyridine rings is 2. The Bertz CT molecular complexity index is 2060. The standard InChI is InChI=1S/C41H43Cl2N5O3/c1-4-23-18-47(19-23)32-13-11-24-15-30(45-39(50-2)35(24)32)28-9-5-7-26(37(28)42)27-8-6-10-29(38(27)43)31-16-25-12-14-33(36(25)40(46-31)51-3)48-21-41(22-48)17-34(49)44-20-41/h5-10,15-16,23,32-33H,4,11-14,17-22H2,1-3H3,(H,44,49)/t32-,33+/m1/s1. The number of aromatic nitrogens is 2. The van der Waals surface area contributed by atoms with E-state index in [-0.39, 0.29) is 17.4 Å². The number of likely N-dealkylation sites (tertiary alicyclic amines) is 2. The first-order valence-electron chi connectivity index (χ1n) is 18.3. The lowest BCUT2D eigenvalue weighted by Gasteiger charge is -2.50. The van der Waals surface area contributed by atoms with Crippen LogP contribution in [0.1, 0.15) is 66.9 Å². The highest BCUT2D eigenvalue weighted by molar-refractivity contribution is 6.39. The van der Waals surface area contributed by atoms with Gasteiger partial charge in [0.1, 0.15) is 0 Å². The number of hydrogen-bond acceptors (Lipinski definition) is 7. The Labute approximate surface area is 309 Å². The number of benzene rings is 2. The Morgan fingerprint density at radius 3 is 1.78 bits per heavy atom. The van der Waals surface area contributed by atoms with Gasteiger partial charge in [0.2, 0.25) is 17.7 Å². The second-order valence-electron chi connectivity index (χ2n) is 15.2. The van der Waals surface area contributed by atoms with Gasteiger partial charge in [0, 0.05) is 90.0 Å². The van der Waals surface area contributed by atoms with E-state index in [4.69, 9.17) is 42.6 Å². The molecule has 0 saturated carbocycles. The number of rotatable bonds is 8. The van der Waals surface area contributed by atoms with E-state index >= 15 is 0 Å². The monoisotopic (exact) mass is 723 g/mol. The number of methoxy groups -OCH3 is 2. The zero-order valence-electron chi connectivity index (χ0n) is 29.4. The minimum absolute atomic E-state index is 0.0745. The highest BCUT2D eigenvalue weighted by Crippen LogP contribution is 2.50. The van der Waals surface area contributed by atoms with Crippen LogP contribution in [0.4, 0.5) is 0 Å². The topological polar surface area (TPSA) is 79.8 Å². The minimum atomic E-state index is 0.0745. The van der Waals surface area contributed by atoms with Gasteiger partial charge in [0.05, 0.1) is 35.7 Å². The van der Waals surface area contributed by atoms with Crippen molar-refractivity contribution in [3.63, 3.8) is 0 Å². The molecular formula is C41H43Cl2N5O3. The number of nitrogens with one attached hydrogen (secondary N) is 1. The Morgan fingerprint density at radius 2 is 1.31 bits per heavy atom. The Kier molecular flexibility index (Phi) is 8.30. The first-order valence-corrected chi connectivity index (χ1v) is 19.0. The van der Waals surface area contributed by atoms with Crippen LogP contribution in [0.25, 0.3) is 33.6 Å². The van der Waals surface area contributed by atoms with Gasteiger partial charge in [-0.25, -0.2) is 9.97 Å². The number of hydrogen-bond donors (Lipinski definition) is 1. The van der Waals surface area contributed by atoms with Crippen LogP contribution in [0.3, 0.4) is 0 Å². The maximum atomic E-state index is 11.9. The molecule has 9 rings (SSSR count). The molecule has 2 aromatic carbocycles. The van der Waals surface area contributed by atoms with Gasteiger partial charge >= 0.3 is 0 Å². The maximum Gasteiger partial charge on any atom is 0.220 e. The molecule has 3 fully saturated rings. The Morgan fingerprint density at radius 1 is 0.804 bits per heavy atom. The van der Waals surface area contributed by atoms with E-state index in [9.17, 15) is 4.79 Å². The molecule has 0 unspecified atom stereocenters. The van der Waals surface area contributed by atoms with Crippen molar-refractivity contribution in [1.82, 2.24) is 25.1 Å². The summed E-state index contributed by atoms with van der Waals surface area (Å²) in [5, 5.41) is 4.21. The SMILES string of the molecule is CCC1CN([C@@H]2CCc3cc(-c4cccc(-c5cccc(-c6cc7c(c(OC)n6)[C@@H](N6CC8(CNC(=O)C8)C6)CC7)c5Cl)c4Cl)nc(OC)c32)C1. The summed E-state index contributed by atoms with van der Waals surface area (Å²) >= 11 is 14.5. The molecular weight excluding hydrogens is 681 g/mol. The van der Waals surface area contributed by atoms with Crippen LogP contribution < -0.4 is 14.8 Å². The molecule has 2 aromatic heterocycles. The van der Waals surface area contributed by atoms with Gasteiger partial charge < -0.3 is 14.8 Å². The van der Waals surface area contributed by atoms with Crippen LogP contribution in [0, 0.1) is 11.3 Å². The normalized spacial score (nSPS) is 22.4. The van der Waals surface area contributed by atoms with Crippen LogP contribution >= 0.6 is 23.2 Å². The van der Waals surface area contributed by atoms with Crippen molar-refractivity contribution in [3.8, 4) is 45.4 Å². The van der Waals surface area contributed by atoms with Crippen molar-refractivity contribution in [3.05, 3.63) is 80.8 Å². The van der Waals surface area contributed by atoms with Crippen molar-refractivity contribution in [2.45, 2.75) is 57.5 Å². The predicted octanol–water partition coefficient (Wildman–Crippen LogP) is 7.94. The molecule has 8 nitrogen and oxygen atoms in total. The van der Waals surface area contributed by atoms with Gasteiger partial charge in [-0.1, -0.05) is 72.9 Å². The summed E-state index contributed by atoms with van der Waals surface area (Å²) in [7, 11) is 3.41. The minimum Gasteiger partial charge on any atom is -0.481 e. The van der Waals surface area contributed by atoms with E-state index in [1.54, 1.807) is 14.2 Å². The molecule has 3 saturated heterocycles. The van der Waals surface area contributed by atoms with Crippen LogP contribution in [-0.2, 0) is 17.6 Å². The van der Waals surface area contributed by atoms with Crippen molar-refractivity contribution in [1.29, 1.82) is 0 Å². The molecule has 264 valence electrons. The lowest BCUT2D eigenvalue weighted by atomic mass is 9.77. The molecule has 2 atom stereocenters. The fraction of sp³-hybridized carbons (Fsp3) is 0.439. The second kappa shape index (κ2) is 12.8. The van der Waals surface area contributed by atoms with Crippen LogP contribution in [0.5, 0.6) is 11.8 Å². The van der Waals surface area contributed by atoms with Crippen molar-refractivity contribution >= 4 is 29.1 Å². The van der Waals surface area contributed by atoms with E-state index in [0.717, 1.165) is 104 Å². The van der Waals surface area contributed by atoms with Gasteiger partial charge in [-0.05, 0) is 54.9 Å². The third-order valence-electron chi connectivity index (χ3n) is 12.2. The van der Waals surface area contributed by atoms with E-state index in [1.165, 1.54) is 23.1 Å². The molecule has 5 aliphatic rings. The van der Waals surface area contributed by atoms with Crippen molar-refractivity contribution in [2.75, 3.05) is 46.9 Å². The van der Waals surface area contributed by atoms with Gasteiger partial charge in [0.15, 0.2) is 0 Å². The van der Waals surface area contributed by atoms with Gasteiger partial charge in [-0.15, -0.1) is 0 Å². The third-order valence-corrected chi connectivity index (χ3v) is 13.0. The predicted molar refractivity (Wildman–Crippen MR) is 201 cm³/mol. The Balaban J connectivity index is 1.02. The number of ether oxygens (including phenoxy) is 2. The van der Waals surface area contributed by atoms with E-state index in [0.29, 0.717) is 34.3 Å². The number of amides is 1. The van der Waals surface area contributed by atoms with Gasteiger partial charge in [-0.2, -0.15) is 0 Å². The summed E-state index contributed by atoms with van der Waals surface area (Å²) in [4.78, 5) is 27.1. The maximum absolute atomic E-state index is 11.9. The Hall–Kier alpha value is -3.69. The molecule has 1 spiro atoms. The highest BCUT2D eigenvalue weighted by Gasteiger charge is 2.51. The molecule has 1 amide bonds. The van der Waals surface area contributed by atoms with Crippen molar-refractivity contribution < 1.29 is 14.3 Å². The first kappa shape index (κ1) is 33.2. The fourth-order valence-electron chi connectivity index (χ4n) is 9.49. The summed E-state index contributed by atoms with van der Waals surface area (Å²) in [5.41, 5.74) is 9.95. The number of carbonyl (C=O) groups excluding carboxylic acids is 1. The average Bonchev–Trinajstić information content (AvgIpc) is 3.84. The summed E-state index contributed by atoms with van der Waals surface area (Å²) in [6, 6.07) is 17.1. The number of nitrogens with zero attached hydrogens (tertiary/aromatic N) is 4. The molecule has 5 heterocycles. The summed E-state index contributed by atoms with van der Waals surface area (Å²) < 4.78 is 11.9. The van der Waals surface area contributed by atoms with Gasteiger partial charge in [0.25, 0.3) is 0 Å². The molecule has 2 aliphatic carbocycles. The number of aryl methyl sites for hydroxylation is 2. The smallest absolute Gasteiger partial charge is 0.220 e. The van der Waals surface area contributed by atoms with E-state index in [2.05, 4.69) is 34.2 Å². The number of fused-ring (bicyclic) bond motifs is 2. The lowest BCUT2D eigenvalue weighted by Crippen LogP contribution is -2.58. The summed E-state index contributed by atoms with van der Waals surface area (Å²) in [6.45, 7) is 7.18. The van der Waals surface area contributed by atoms with Crippen molar-refractivity contribution in [2.24, 2.45) is 11.3 Å². The highest BCUT2D eigenvalue weighted by atomic mass is 35.5. The number of carbonyl (C=O) groups is 1. The third kappa shape index (κ3) is 5.44. The lowest BCUT2D eigenvalue weighted by molar-refractivity contribution is -0.121. The molecule has 0 bridgehead atoms. The van der Waals surface area contributed by atoms with E-state index in [1.807, 2.05) is 36.4 Å². The van der Waals surface area contributed by atoms with E-state index < -0.39 is 0 Å².